The lowest BCUT2D eigenvalue weighted by Gasteiger charge is -2.18. The number of rotatable bonds is 4. The van der Waals surface area contributed by atoms with Gasteiger partial charge in [0.25, 0.3) is 0 Å². The number of aliphatic hydroxyl groups is 1. The Morgan fingerprint density at radius 2 is 2.21 bits per heavy atom. The first-order valence-electron chi connectivity index (χ1n) is 4.91. The van der Waals surface area contributed by atoms with E-state index in [0.717, 1.165) is 11.3 Å². The van der Waals surface area contributed by atoms with E-state index in [2.05, 4.69) is 24.3 Å². The van der Waals surface area contributed by atoms with Crippen molar-refractivity contribution in [3.63, 3.8) is 0 Å². The lowest BCUT2D eigenvalue weighted by Crippen LogP contribution is -2.30. The van der Waals surface area contributed by atoms with Gasteiger partial charge in [-0.05, 0) is 6.92 Å². The minimum absolute atomic E-state index is 0.0105. The van der Waals surface area contributed by atoms with Crippen molar-refractivity contribution in [2.45, 2.75) is 32.9 Å². The van der Waals surface area contributed by atoms with Gasteiger partial charge in [0.2, 0.25) is 0 Å². The lowest BCUT2D eigenvalue weighted by atomic mass is 10.1. The molecule has 1 aromatic heterocycles. The lowest BCUT2D eigenvalue weighted by molar-refractivity contribution is 0.237. The van der Waals surface area contributed by atoms with E-state index in [0.29, 0.717) is 6.04 Å². The molecule has 80 valence electrons. The van der Waals surface area contributed by atoms with Crippen LogP contribution >= 0.6 is 0 Å². The van der Waals surface area contributed by atoms with Gasteiger partial charge in [-0.1, -0.05) is 13.8 Å². The molecule has 0 fully saturated rings. The third-order valence-corrected chi connectivity index (χ3v) is 2.14. The van der Waals surface area contributed by atoms with E-state index in [1.165, 1.54) is 0 Å². The molecule has 1 atom stereocenters. The largest absolute Gasteiger partial charge is 0.394 e. The molecular formula is C10H19N3O. The molecule has 0 aliphatic carbocycles. The van der Waals surface area contributed by atoms with Gasteiger partial charge in [0, 0.05) is 24.8 Å². The van der Waals surface area contributed by atoms with Gasteiger partial charge >= 0.3 is 0 Å². The summed E-state index contributed by atoms with van der Waals surface area (Å²) < 4.78 is 1.77. The molecule has 4 nitrogen and oxygen atoms in total. The van der Waals surface area contributed by atoms with Gasteiger partial charge in [-0.3, -0.25) is 4.68 Å². The predicted octanol–water partition coefficient (Wildman–Crippen LogP) is 0.760. The van der Waals surface area contributed by atoms with Gasteiger partial charge < -0.3 is 10.4 Å². The van der Waals surface area contributed by atoms with E-state index >= 15 is 0 Å². The number of nitrogens with one attached hydrogen (secondary N) is 1. The van der Waals surface area contributed by atoms with Gasteiger partial charge in [-0.2, -0.15) is 5.10 Å². The maximum absolute atomic E-state index is 9.26. The molecule has 4 heteroatoms. The molecule has 0 aromatic carbocycles. The summed E-state index contributed by atoms with van der Waals surface area (Å²) >= 11 is 0. The third kappa shape index (κ3) is 2.56. The van der Waals surface area contributed by atoms with Crippen LogP contribution in [0.25, 0.3) is 0 Å². The Bertz CT molecular complexity index is 294. The van der Waals surface area contributed by atoms with Crippen LogP contribution in [0.5, 0.6) is 0 Å². The minimum atomic E-state index is -0.0105. The molecule has 2 N–H and O–H groups in total. The van der Waals surface area contributed by atoms with E-state index in [1.807, 2.05) is 20.2 Å². The molecular weight excluding hydrogens is 178 g/mol. The highest BCUT2D eigenvalue weighted by Gasteiger charge is 2.15. The van der Waals surface area contributed by atoms with Crippen LogP contribution in [0.4, 0.5) is 0 Å². The maximum Gasteiger partial charge on any atom is 0.0642 e. The van der Waals surface area contributed by atoms with E-state index in [9.17, 15) is 5.11 Å². The molecule has 1 heterocycles. The SMILES string of the molecule is Cc1nn(C)cc1C(CO)NC(C)C. The van der Waals surface area contributed by atoms with E-state index in [-0.39, 0.29) is 12.6 Å². The van der Waals surface area contributed by atoms with Crippen LogP contribution in [0, 0.1) is 6.92 Å². The highest BCUT2D eigenvalue weighted by molar-refractivity contribution is 5.20. The first kappa shape index (κ1) is 11.2. The third-order valence-electron chi connectivity index (χ3n) is 2.14. The molecule has 0 amide bonds. The van der Waals surface area contributed by atoms with Crippen LogP contribution in [-0.2, 0) is 7.05 Å². The minimum Gasteiger partial charge on any atom is -0.394 e. The average molecular weight is 197 g/mol. The molecule has 0 spiro atoms. The molecule has 14 heavy (non-hydrogen) atoms. The Morgan fingerprint density at radius 3 is 2.57 bits per heavy atom. The molecule has 1 unspecified atom stereocenters. The zero-order chi connectivity index (χ0) is 10.7. The molecule has 0 aliphatic heterocycles. The second-order valence-corrected chi connectivity index (χ2v) is 3.90. The molecule has 0 saturated heterocycles. The fourth-order valence-electron chi connectivity index (χ4n) is 1.60. The summed E-state index contributed by atoms with van der Waals surface area (Å²) in [7, 11) is 1.89. The number of aromatic nitrogens is 2. The quantitative estimate of drug-likeness (QED) is 0.749. The van der Waals surface area contributed by atoms with Crippen LogP contribution < -0.4 is 5.32 Å². The highest BCUT2D eigenvalue weighted by atomic mass is 16.3. The Morgan fingerprint density at radius 1 is 1.57 bits per heavy atom. The Labute approximate surface area is 84.9 Å². The van der Waals surface area contributed by atoms with Crippen molar-refractivity contribution >= 4 is 0 Å². The summed E-state index contributed by atoms with van der Waals surface area (Å²) in [5, 5.41) is 16.8. The Hall–Kier alpha value is -0.870. The number of aryl methyl sites for hydroxylation is 2. The van der Waals surface area contributed by atoms with Crippen molar-refractivity contribution in [3.8, 4) is 0 Å². The normalized spacial score (nSPS) is 13.6. The number of nitrogens with zero attached hydrogens (tertiary/aromatic N) is 2. The van der Waals surface area contributed by atoms with Gasteiger partial charge in [-0.25, -0.2) is 0 Å². The standard InChI is InChI=1S/C10H19N3O/c1-7(2)11-10(6-14)9-5-13(4)12-8(9)3/h5,7,10-11,14H,6H2,1-4H3. The number of aliphatic hydroxyl groups excluding tert-OH is 1. The van der Waals surface area contributed by atoms with Gasteiger partial charge in [0.1, 0.15) is 0 Å². The topological polar surface area (TPSA) is 50.1 Å². The van der Waals surface area contributed by atoms with E-state index in [1.54, 1.807) is 4.68 Å². The van der Waals surface area contributed by atoms with Crippen molar-refractivity contribution in [1.29, 1.82) is 0 Å². The Balaban J connectivity index is 2.83. The molecule has 1 rings (SSSR count). The predicted molar refractivity (Wildman–Crippen MR) is 56.0 cm³/mol. The van der Waals surface area contributed by atoms with Crippen molar-refractivity contribution in [3.05, 3.63) is 17.5 Å². The summed E-state index contributed by atoms with van der Waals surface area (Å²) in [6.07, 6.45) is 1.95. The number of hydrogen-bond donors (Lipinski definition) is 2. The summed E-state index contributed by atoms with van der Waals surface area (Å²) in [6, 6.07) is 0.343. The van der Waals surface area contributed by atoms with Crippen LogP contribution in [-0.4, -0.2) is 27.5 Å². The second-order valence-electron chi connectivity index (χ2n) is 3.90. The molecule has 0 radical (unpaired) electrons. The average Bonchev–Trinajstić information content (AvgIpc) is 2.41. The van der Waals surface area contributed by atoms with Crippen LogP contribution in [0.1, 0.15) is 31.1 Å². The molecule has 0 aliphatic rings. The first-order chi connectivity index (χ1) is 6.54. The smallest absolute Gasteiger partial charge is 0.0642 e. The van der Waals surface area contributed by atoms with Gasteiger partial charge in [0.15, 0.2) is 0 Å². The monoisotopic (exact) mass is 197 g/mol. The fourth-order valence-corrected chi connectivity index (χ4v) is 1.60. The fraction of sp³-hybridized carbons (Fsp3) is 0.700. The van der Waals surface area contributed by atoms with Crippen LogP contribution in [0.2, 0.25) is 0 Å². The number of hydrogen-bond acceptors (Lipinski definition) is 3. The second kappa shape index (κ2) is 4.57. The van der Waals surface area contributed by atoms with E-state index < -0.39 is 0 Å². The first-order valence-corrected chi connectivity index (χ1v) is 4.91. The summed E-state index contributed by atoms with van der Waals surface area (Å²) in [4.78, 5) is 0. The van der Waals surface area contributed by atoms with Crippen LogP contribution in [0.15, 0.2) is 6.20 Å². The van der Waals surface area contributed by atoms with Gasteiger partial charge in [-0.15, -0.1) is 0 Å². The summed E-state index contributed by atoms with van der Waals surface area (Å²) in [5.41, 5.74) is 2.04. The van der Waals surface area contributed by atoms with Crippen LogP contribution in [0.3, 0.4) is 0 Å². The maximum atomic E-state index is 9.26. The molecule has 1 aromatic rings. The summed E-state index contributed by atoms with van der Waals surface area (Å²) in [6.45, 7) is 6.19. The zero-order valence-electron chi connectivity index (χ0n) is 9.28. The van der Waals surface area contributed by atoms with Crippen molar-refractivity contribution in [1.82, 2.24) is 15.1 Å². The van der Waals surface area contributed by atoms with Crippen molar-refractivity contribution < 1.29 is 5.11 Å². The summed E-state index contributed by atoms with van der Waals surface area (Å²) in [5.74, 6) is 0. The van der Waals surface area contributed by atoms with Gasteiger partial charge in [0.05, 0.1) is 18.3 Å². The van der Waals surface area contributed by atoms with Crippen molar-refractivity contribution in [2.24, 2.45) is 7.05 Å². The zero-order valence-corrected chi connectivity index (χ0v) is 9.28. The highest BCUT2D eigenvalue weighted by Crippen LogP contribution is 2.16. The van der Waals surface area contributed by atoms with E-state index in [4.69, 9.17) is 0 Å². The molecule has 0 bridgehead atoms. The Kier molecular flexibility index (Phi) is 3.66. The van der Waals surface area contributed by atoms with Crippen molar-refractivity contribution in [2.75, 3.05) is 6.61 Å². The molecule has 0 saturated carbocycles.